The lowest BCUT2D eigenvalue weighted by molar-refractivity contribution is -0.149. The molecular formula is C12H21N3O4S. The third kappa shape index (κ3) is 4.38. The van der Waals surface area contributed by atoms with Crippen LogP contribution < -0.4 is 11.1 Å². The fraction of sp³-hybridized carbons (Fsp3) is 0.750. The number of carboxylic acids is 1. The van der Waals surface area contributed by atoms with Crippen molar-refractivity contribution in [1.82, 2.24) is 10.2 Å². The molecule has 0 aromatic rings. The predicted octanol–water partition coefficient (Wildman–Crippen LogP) is -0.741. The summed E-state index contributed by atoms with van der Waals surface area (Å²) in [7, 11) is 0. The summed E-state index contributed by atoms with van der Waals surface area (Å²) in [4.78, 5) is 36.3. The van der Waals surface area contributed by atoms with Crippen molar-refractivity contribution in [3.63, 3.8) is 0 Å². The second kappa shape index (κ2) is 8.11. The number of nitrogens with one attached hydrogen (secondary N) is 1. The Morgan fingerprint density at radius 1 is 1.50 bits per heavy atom. The number of carbonyl (C=O) groups excluding carboxylic acids is 2. The highest BCUT2D eigenvalue weighted by Crippen LogP contribution is 2.19. The van der Waals surface area contributed by atoms with Crippen LogP contribution in [0.5, 0.6) is 0 Å². The smallest absolute Gasteiger partial charge is 0.326 e. The lowest BCUT2D eigenvalue weighted by atomic mass is 10.1. The van der Waals surface area contributed by atoms with Crippen LogP contribution in [-0.4, -0.2) is 65.0 Å². The van der Waals surface area contributed by atoms with E-state index in [4.69, 9.17) is 10.8 Å². The number of nitrogens with two attached hydrogens (primary N) is 1. The number of carbonyl (C=O) groups is 3. The quantitative estimate of drug-likeness (QED) is 0.571. The third-order valence-corrected chi connectivity index (χ3v) is 3.89. The molecule has 1 saturated heterocycles. The van der Waals surface area contributed by atoms with Gasteiger partial charge in [0.2, 0.25) is 11.8 Å². The average Bonchev–Trinajstić information content (AvgIpc) is 2.91. The largest absolute Gasteiger partial charge is 0.480 e. The maximum Gasteiger partial charge on any atom is 0.326 e. The number of rotatable bonds is 7. The SMILES string of the molecule is CSCC[C@H](NC(=O)CN)C(=O)N1CCC[C@H]1C(=O)O. The predicted molar refractivity (Wildman–Crippen MR) is 76.4 cm³/mol. The summed E-state index contributed by atoms with van der Waals surface area (Å²) in [5.41, 5.74) is 5.24. The third-order valence-electron chi connectivity index (χ3n) is 3.25. The van der Waals surface area contributed by atoms with Crippen molar-refractivity contribution < 1.29 is 19.5 Å². The summed E-state index contributed by atoms with van der Waals surface area (Å²) in [5.74, 6) is -1.03. The highest BCUT2D eigenvalue weighted by molar-refractivity contribution is 7.98. The van der Waals surface area contributed by atoms with Crippen molar-refractivity contribution >= 4 is 29.5 Å². The topological polar surface area (TPSA) is 113 Å². The Labute approximate surface area is 122 Å². The molecule has 0 aromatic heterocycles. The van der Waals surface area contributed by atoms with Gasteiger partial charge in [0.15, 0.2) is 0 Å². The fourth-order valence-electron chi connectivity index (χ4n) is 2.23. The molecule has 20 heavy (non-hydrogen) atoms. The molecule has 0 radical (unpaired) electrons. The van der Waals surface area contributed by atoms with Crippen molar-refractivity contribution in [2.75, 3.05) is 25.1 Å². The zero-order valence-corrected chi connectivity index (χ0v) is 12.3. The standard InChI is InChI=1S/C12H21N3O4S/c1-20-6-4-8(14-10(16)7-13)11(17)15-5-2-3-9(15)12(18)19/h8-9H,2-7,13H2,1H3,(H,14,16)(H,18,19)/t8-,9-/m0/s1. The van der Waals surface area contributed by atoms with E-state index in [1.165, 1.54) is 4.90 Å². The van der Waals surface area contributed by atoms with E-state index in [0.29, 0.717) is 31.6 Å². The maximum atomic E-state index is 12.4. The molecule has 0 spiro atoms. The van der Waals surface area contributed by atoms with Crippen LogP contribution in [-0.2, 0) is 14.4 Å². The van der Waals surface area contributed by atoms with Crippen LogP contribution in [0.3, 0.4) is 0 Å². The van der Waals surface area contributed by atoms with Crippen molar-refractivity contribution in [3.05, 3.63) is 0 Å². The van der Waals surface area contributed by atoms with E-state index in [9.17, 15) is 14.4 Å². The number of carboxylic acid groups (broad SMARTS) is 1. The summed E-state index contributed by atoms with van der Waals surface area (Å²) in [6, 6.07) is -1.48. The van der Waals surface area contributed by atoms with Crippen LogP contribution in [0.2, 0.25) is 0 Å². The van der Waals surface area contributed by atoms with Gasteiger partial charge in [-0.25, -0.2) is 4.79 Å². The molecule has 114 valence electrons. The van der Waals surface area contributed by atoms with Gasteiger partial charge in [0.25, 0.3) is 0 Å². The van der Waals surface area contributed by atoms with Gasteiger partial charge in [-0.15, -0.1) is 0 Å². The van der Waals surface area contributed by atoms with Gasteiger partial charge < -0.3 is 21.1 Å². The first-order valence-corrected chi connectivity index (χ1v) is 7.92. The lowest BCUT2D eigenvalue weighted by Gasteiger charge is -2.27. The lowest BCUT2D eigenvalue weighted by Crippen LogP contribution is -2.52. The van der Waals surface area contributed by atoms with Crippen LogP contribution in [0.1, 0.15) is 19.3 Å². The van der Waals surface area contributed by atoms with Gasteiger partial charge in [0.05, 0.1) is 6.54 Å². The fourth-order valence-corrected chi connectivity index (χ4v) is 2.71. The molecule has 1 heterocycles. The first-order chi connectivity index (χ1) is 9.51. The van der Waals surface area contributed by atoms with Crippen molar-refractivity contribution in [2.24, 2.45) is 5.73 Å². The van der Waals surface area contributed by atoms with Crippen LogP contribution in [0.25, 0.3) is 0 Å². The number of hydrogen-bond acceptors (Lipinski definition) is 5. The maximum absolute atomic E-state index is 12.4. The van der Waals surface area contributed by atoms with Gasteiger partial charge >= 0.3 is 5.97 Å². The van der Waals surface area contributed by atoms with Gasteiger partial charge in [-0.3, -0.25) is 9.59 Å². The Morgan fingerprint density at radius 2 is 2.20 bits per heavy atom. The summed E-state index contributed by atoms with van der Waals surface area (Å²) in [5, 5.41) is 11.7. The minimum Gasteiger partial charge on any atom is -0.480 e. The summed E-state index contributed by atoms with van der Waals surface area (Å²) in [6.07, 6.45) is 3.50. The minimum absolute atomic E-state index is 0.189. The Morgan fingerprint density at radius 3 is 2.75 bits per heavy atom. The van der Waals surface area contributed by atoms with Crippen molar-refractivity contribution in [1.29, 1.82) is 0 Å². The van der Waals surface area contributed by atoms with Crippen molar-refractivity contribution in [3.8, 4) is 0 Å². The number of aliphatic carboxylic acids is 1. The highest BCUT2D eigenvalue weighted by Gasteiger charge is 2.37. The van der Waals surface area contributed by atoms with Crippen LogP contribution in [0.4, 0.5) is 0 Å². The minimum atomic E-state index is -0.996. The normalized spacial score (nSPS) is 19.7. The highest BCUT2D eigenvalue weighted by atomic mass is 32.2. The molecule has 0 unspecified atom stereocenters. The summed E-state index contributed by atoms with van der Waals surface area (Å²) < 4.78 is 0. The number of hydrogen-bond donors (Lipinski definition) is 3. The van der Waals surface area contributed by atoms with E-state index >= 15 is 0 Å². The molecule has 1 fully saturated rings. The Kier molecular flexibility index (Phi) is 6.80. The first-order valence-electron chi connectivity index (χ1n) is 6.53. The molecule has 1 aliphatic rings. The molecule has 0 aromatic carbocycles. The number of amides is 2. The number of thioether (sulfide) groups is 1. The van der Waals surface area contributed by atoms with E-state index in [2.05, 4.69) is 5.32 Å². The molecule has 1 aliphatic heterocycles. The Bertz CT molecular complexity index is 378. The zero-order valence-electron chi connectivity index (χ0n) is 11.5. The van der Waals surface area contributed by atoms with Gasteiger partial charge in [-0.2, -0.15) is 11.8 Å². The molecular weight excluding hydrogens is 282 g/mol. The zero-order chi connectivity index (χ0) is 15.1. The second-order valence-corrected chi connectivity index (χ2v) is 5.62. The Hall–Kier alpha value is -1.28. The molecule has 4 N–H and O–H groups in total. The molecule has 0 aliphatic carbocycles. The van der Waals surface area contributed by atoms with Gasteiger partial charge in [-0.05, 0) is 31.3 Å². The van der Waals surface area contributed by atoms with E-state index in [1.807, 2.05) is 6.26 Å². The molecule has 0 bridgehead atoms. The van der Waals surface area contributed by atoms with Crippen molar-refractivity contribution in [2.45, 2.75) is 31.3 Å². The van der Waals surface area contributed by atoms with Crippen LogP contribution in [0.15, 0.2) is 0 Å². The Balaban J connectivity index is 2.75. The molecule has 7 nitrogen and oxygen atoms in total. The number of likely N-dealkylation sites (tertiary alicyclic amines) is 1. The molecule has 1 rings (SSSR count). The van der Waals surface area contributed by atoms with Crippen LogP contribution >= 0.6 is 11.8 Å². The van der Waals surface area contributed by atoms with Gasteiger partial charge in [0, 0.05) is 6.54 Å². The van der Waals surface area contributed by atoms with Gasteiger partial charge in [0.1, 0.15) is 12.1 Å². The monoisotopic (exact) mass is 303 g/mol. The molecule has 2 amide bonds. The molecule has 2 atom stereocenters. The van der Waals surface area contributed by atoms with Crippen LogP contribution in [0, 0.1) is 0 Å². The second-order valence-electron chi connectivity index (χ2n) is 4.63. The first kappa shape index (κ1) is 16.8. The van der Waals surface area contributed by atoms with Gasteiger partial charge in [-0.1, -0.05) is 0 Å². The molecule has 0 saturated carbocycles. The van der Waals surface area contributed by atoms with E-state index in [-0.39, 0.29) is 12.5 Å². The number of nitrogens with zero attached hydrogens (tertiary/aromatic N) is 1. The average molecular weight is 303 g/mol. The van der Waals surface area contributed by atoms with E-state index < -0.39 is 24.0 Å². The summed E-state index contributed by atoms with van der Waals surface area (Å²) >= 11 is 1.56. The summed E-state index contributed by atoms with van der Waals surface area (Å²) in [6.45, 7) is 0.232. The molecule has 8 heteroatoms. The van der Waals surface area contributed by atoms with E-state index in [1.54, 1.807) is 11.8 Å². The van der Waals surface area contributed by atoms with E-state index in [0.717, 1.165) is 0 Å².